The van der Waals surface area contributed by atoms with E-state index in [9.17, 15) is 8.42 Å². The highest BCUT2D eigenvalue weighted by atomic mass is 32.2. The average Bonchev–Trinajstić information content (AvgIpc) is 2.51. The van der Waals surface area contributed by atoms with Crippen LogP contribution in [-0.4, -0.2) is 43.5 Å². The maximum Gasteiger partial charge on any atom is 0.254 e. The zero-order valence-corrected chi connectivity index (χ0v) is 11.8. The van der Waals surface area contributed by atoms with Crippen LogP contribution in [0, 0.1) is 13.8 Å². The summed E-state index contributed by atoms with van der Waals surface area (Å²) < 4.78 is 31.9. The van der Waals surface area contributed by atoms with Gasteiger partial charge < -0.3 is 4.74 Å². The molecule has 0 atom stereocenters. The molecule has 0 unspecified atom stereocenters. The quantitative estimate of drug-likeness (QED) is 0.828. The van der Waals surface area contributed by atoms with Crippen LogP contribution in [0.15, 0.2) is 4.21 Å². The van der Waals surface area contributed by atoms with Crippen molar-refractivity contribution in [2.24, 2.45) is 0 Å². The fraction of sp³-hybridized carbons (Fsp3) is 0.700. The fourth-order valence-electron chi connectivity index (χ4n) is 1.87. The second-order valence-corrected chi connectivity index (χ2v) is 7.29. The number of aromatic nitrogens is 1. The van der Waals surface area contributed by atoms with Crippen molar-refractivity contribution in [1.82, 2.24) is 9.29 Å². The van der Waals surface area contributed by atoms with Crippen LogP contribution in [0.25, 0.3) is 0 Å². The first-order valence-electron chi connectivity index (χ1n) is 5.50. The normalized spacial score (nSPS) is 17.4. The molecule has 0 bridgehead atoms. The van der Waals surface area contributed by atoms with Gasteiger partial charge in [-0.25, -0.2) is 13.4 Å². The minimum atomic E-state index is -3.41. The van der Waals surface area contributed by atoms with E-state index in [2.05, 4.69) is 4.98 Å². The molecule has 0 saturated carbocycles. The molecular formula is C10H16N2O3S2. The van der Waals surface area contributed by atoms with E-state index >= 15 is 0 Å². The summed E-state index contributed by atoms with van der Waals surface area (Å²) in [5.41, 5.74) is 0.589. The molecule has 2 rings (SSSR count). The number of nitrogens with zero attached hydrogens (tertiary/aromatic N) is 2. The number of aryl methyl sites for hydroxylation is 2. The Morgan fingerprint density at radius 2 is 2.12 bits per heavy atom. The van der Waals surface area contributed by atoms with Crippen molar-refractivity contribution in [1.29, 1.82) is 0 Å². The molecule has 0 spiro atoms. The number of rotatable bonds is 4. The van der Waals surface area contributed by atoms with Gasteiger partial charge in [0.2, 0.25) is 0 Å². The molecule has 0 amide bonds. The third-order valence-corrected chi connectivity index (χ3v) is 6.43. The van der Waals surface area contributed by atoms with Crippen LogP contribution in [-0.2, 0) is 14.8 Å². The predicted molar refractivity (Wildman–Crippen MR) is 65.8 cm³/mol. The number of ether oxygens (including phenoxy) is 1. The molecule has 0 aliphatic carbocycles. The summed E-state index contributed by atoms with van der Waals surface area (Å²) in [6.45, 7) is 6.85. The van der Waals surface area contributed by atoms with Crippen molar-refractivity contribution in [3.63, 3.8) is 0 Å². The number of hydrogen-bond acceptors (Lipinski definition) is 5. The molecule has 2 heterocycles. The van der Waals surface area contributed by atoms with Gasteiger partial charge in [0.25, 0.3) is 10.0 Å². The lowest BCUT2D eigenvalue weighted by molar-refractivity contribution is -0.0354. The third-order valence-electron chi connectivity index (χ3n) is 2.74. The van der Waals surface area contributed by atoms with E-state index in [0.717, 1.165) is 5.01 Å². The van der Waals surface area contributed by atoms with E-state index < -0.39 is 10.0 Å². The molecule has 17 heavy (non-hydrogen) atoms. The first kappa shape index (κ1) is 12.9. The summed E-state index contributed by atoms with van der Waals surface area (Å²) in [6, 6.07) is -0.0215. The Labute approximate surface area is 105 Å². The summed E-state index contributed by atoms with van der Waals surface area (Å²) in [7, 11) is -3.41. The molecule has 1 fully saturated rings. The van der Waals surface area contributed by atoms with Crippen molar-refractivity contribution in [3.05, 3.63) is 10.7 Å². The Morgan fingerprint density at radius 1 is 1.47 bits per heavy atom. The first-order chi connectivity index (χ1) is 7.96. The van der Waals surface area contributed by atoms with E-state index in [1.165, 1.54) is 15.6 Å². The van der Waals surface area contributed by atoms with E-state index in [4.69, 9.17) is 4.74 Å². The maximum absolute atomic E-state index is 12.5. The number of likely N-dealkylation sites (N-methyl/N-ethyl adjacent to an activating group) is 1. The Morgan fingerprint density at radius 3 is 2.47 bits per heavy atom. The minimum absolute atomic E-state index is 0.0215. The van der Waals surface area contributed by atoms with Gasteiger partial charge in [-0.1, -0.05) is 6.92 Å². The van der Waals surface area contributed by atoms with E-state index in [1.54, 1.807) is 6.92 Å². The van der Waals surface area contributed by atoms with Crippen molar-refractivity contribution < 1.29 is 13.2 Å². The van der Waals surface area contributed by atoms with Gasteiger partial charge in [-0.3, -0.25) is 0 Å². The molecule has 1 aromatic rings. The fourth-order valence-corrected chi connectivity index (χ4v) is 5.07. The van der Waals surface area contributed by atoms with Crippen LogP contribution in [0.4, 0.5) is 0 Å². The molecule has 1 aliphatic rings. The summed E-state index contributed by atoms with van der Waals surface area (Å²) in [4.78, 5) is 4.18. The minimum Gasteiger partial charge on any atom is -0.378 e. The smallest absolute Gasteiger partial charge is 0.254 e. The van der Waals surface area contributed by atoms with E-state index in [-0.39, 0.29) is 6.04 Å². The Kier molecular flexibility index (Phi) is 3.53. The van der Waals surface area contributed by atoms with E-state index in [0.29, 0.717) is 29.7 Å². The molecule has 1 aliphatic heterocycles. The van der Waals surface area contributed by atoms with Crippen LogP contribution in [0.5, 0.6) is 0 Å². The zero-order chi connectivity index (χ0) is 12.6. The summed E-state index contributed by atoms with van der Waals surface area (Å²) in [5.74, 6) is 0. The van der Waals surface area contributed by atoms with Crippen LogP contribution < -0.4 is 0 Å². The maximum atomic E-state index is 12.5. The highest BCUT2D eigenvalue weighted by molar-refractivity contribution is 7.91. The van der Waals surface area contributed by atoms with E-state index in [1.807, 2.05) is 13.8 Å². The first-order valence-corrected chi connectivity index (χ1v) is 7.76. The van der Waals surface area contributed by atoms with Gasteiger partial charge in [-0.2, -0.15) is 4.31 Å². The lowest BCUT2D eigenvalue weighted by atomic mass is 10.2. The van der Waals surface area contributed by atoms with Gasteiger partial charge >= 0.3 is 0 Å². The lowest BCUT2D eigenvalue weighted by Gasteiger charge is -2.35. The molecule has 0 N–H and O–H groups in total. The molecule has 1 aromatic heterocycles. The monoisotopic (exact) mass is 276 g/mol. The standard InChI is InChI=1S/C10H16N2O3S2/c1-4-12(9-5-15-6-9)17(13,14)10-7(2)11-8(3)16-10/h9H,4-6H2,1-3H3. The number of sulfonamides is 1. The lowest BCUT2D eigenvalue weighted by Crippen LogP contribution is -2.51. The second-order valence-electron chi connectivity index (χ2n) is 4.01. The average molecular weight is 276 g/mol. The van der Waals surface area contributed by atoms with Crippen molar-refractivity contribution in [3.8, 4) is 0 Å². The van der Waals surface area contributed by atoms with Crippen LogP contribution in [0.1, 0.15) is 17.6 Å². The van der Waals surface area contributed by atoms with Crippen molar-refractivity contribution in [2.75, 3.05) is 19.8 Å². The Hall–Kier alpha value is -0.500. The molecule has 0 aromatic carbocycles. The summed E-state index contributed by atoms with van der Waals surface area (Å²) in [5, 5.41) is 0.780. The zero-order valence-electron chi connectivity index (χ0n) is 10.1. The molecular weight excluding hydrogens is 260 g/mol. The molecule has 96 valence electrons. The Balaban J connectivity index is 2.37. The largest absolute Gasteiger partial charge is 0.378 e. The van der Waals surface area contributed by atoms with Gasteiger partial charge in [0.05, 0.1) is 30.0 Å². The van der Waals surface area contributed by atoms with Crippen LogP contribution >= 0.6 is 11.3 Å². The number of hydrogen-bond donors (Lipinski definition) is 0. The van der Waals surface area contributed by atoms with Gasteiger partial charge in [0.15, 0.2) is 4.21 Å². The second kappa shape index (κ2) is 4.64. The SMILES string of the molecule is CCN(C1COC1)S(=O)(=O)c1sc(C)nc1C. The van der Waals surface area contributed by atoms with Gasteiger partial charge in [0, 0.05) is 6.54 Å². The van der Waals surface area contributed by atoms with Gasteiger partial charge in [0.1, 0.15) is 0 Å². The predicted octanol–water partition coefficient (Wildman–Crippen LogP) is 1.17. The summed E-state index contributed by atoms with van der Waals surface area (Å²) in [6.07, 6.45) is 0. The highest BCUT2D eigenvalue weighted by Crippen LogP contribution is 2.28. The third kappa shape index (κ3) is 2.24. The van der Waals surface area contributed by atoms with Gasteiger partial charge in [-0.05, 0) is 13.8 Å². The molecule has 1 saturated heterocycles. The van der Waals surface area contributed by atoms with Crippen molar-refractivity contribution >= 4 is 21.4 Å². The topological polar surface area (TPSA) is 59.5 Å². The molecule has 7 heteroatoms. The van der Waals surface area contributed by atoms with Gasteiger partial charge in [-0.15, -0.1) is 11.3 Å². The van der Waals surface area contributed by atoms with Crippen LogP contribution in [0.2, 0.25) is 0 Å². The number of thiazole rings is 1. The highest BCUT2D eigenvalue weighted by Gasteiger charge is 2.36. The van der Waals surface area contributed by atoms with Crippen LogP contribution in [0.3, 0.4) is 0 Å². The molecule has 0 radical (unpaired) electrons. The summed E-state index contributed by atoms with van der Waals surface area (Å²) >= 11 is 1.24. The van der Waals surface area contributed by atoms with Crippen molar-refractivity contribution in [2.45, 2.75) is 31.0 Å². The Bertz CT molecular complexity index is 506. The molecule has 5 nitrogen and oxygen atoms in total.